The van der Waals surface area contributed by atoms with E-state index in [0.29, 0.717) is 18.8 Å². The number of nitrogens with one attached hydrogen (secondary N) is 1. The van der Waals surface area contributed by atoms with E-state index in [0.717, 1.165) is 35.7 Å². The van der Waals surface area contributed by atoms with Crippen molar-refractivity contribution >= 4 is 11.6 Å². The van der Waals surface area contributed by atoms with Gasteiger partial charge in [-0.25, -0.2) is 0 Å². The number of rotatable bonds is 3. The fraction of sp³-hybridized carbons (Fsp3) is 0.381. The molecule has 3 heterocycles. The number of aromatic amines is 1. The third-order valence-electron chi connectivity index (χ3n) is 5.51. The number of hydrogen-bond acceptors (Lipinski definition) is 4. The Hall–Kier alpha value is -3.09. The minimum Gasteiger partial charge on any atom is -0.368 e. The topological polar surface area (TPSA) is 70.0 Å². The van der Waals surface area contributed by atoms with Crippen molar-refractivity contribution in [2.45, 2.75) is 20.8 Å². The van der Waals surface area contributed by atoms with Crippen molar-refractivity contribution in [2.75, 3.05) is 31.1 Å². The van der Waals surface area contributed by atoms with E-state index in [4.69, 9.17) is 0 Å². The van der Waals surface area contributed by atoms with Crippen molar-refractivity contribution < 1.29 is 4.79 Å². The molecule has 146 valence electrons. The minimum atomic E-state index is 0.00170. The van der Waals surface area contributed by atoms with Gasteiger partial charge in [0.15, 0.2) is 0 Å². The maximum Gasteiger partial charge on any atom is 0.272 e. The second-order valence-electron chi connectivity index (χ2n) is 7.45. The molecular weight excluding hydrogens is 352 g/mol. The first-order valence-electron chi connectivity index (χ1n) is 9.61. The maximum atomic E-state index is 12.9. The predicted octanol–water partition coefficient (Wildman–Crippen LogP) is 2.70. The summed E-state index contributed by atoms with van der Waals surface area (Å²) in [6.07, 6.45) is 0. The van der Waals surface area contributed by atoms with Crippen molar-refractivity contribution in [1.29, 1.82) is 0 Å². The molecule has 28 heavy (non-hydrogen) atoms. The molecule has 0 atom stereocenters. The molecule has 0 aliphatic carbocycles. The molecule has 7 heteroatoms. The molecule has 1 aromatic carbocycles. The Bertz CT molecular complexity index is 1010. The van der Waals surface area contributed by atoms with Gasteiger partial charge in [0.1, 0.15) is 5.69 Å². The van der Waals surface area contributed by atoms with Gasteiger partial charge in [-0.15, -0.1) is 0 Å². The Morgan fingerprint density at radius 2 is 1.82 bits per heavy atom. The van der Waals surface area contributed by atoms with Gasteiger partial charge < -0.3 is 9.80 Å². The highest BCUT2D eigenvalue weighted by molar-refractivity contribution is 5.93. The zero-order valence-corrected chi connectivity index (χ0v) is 16.9. The molecule has 1 saturated heterocycles. The van der Waals surface area contributed by atoms with Crippen LogP contribution in [0.25, 0.3) is 11.3 Å². The molecule has 0 spiro atoms. The summed E-state index contributed by atoms with van der Waals surface area (Å²) in [6.45, 7) is 9.13. The smallest absolute Gasteiger partial charge is 0.272 e. The first-order valence-corrected chi connectivity index (χ1v) is 9.61. The summed E-state index contributed by atoms with van der Waals surface area (Å²) in [4.78, 5) is 17.2. The summed E-state index contributed by atoms with van der Waals surface area (Å²) in [5.41, 5.74) is 6.71. The number of hydrogen-bond donors (Lipinski definition) is 1. The zero-order valence-electron chi connectivity index (χ0n) is 16.9. The highest BCUT2D eigenvalue weighted by atomic mass is 16.2. The Balaban J connectivity index is 1.46. The van der Waals surface area contributed by atoms with Crippen LogP contribution in [0.2, 0.25) is 0 Å². The van der Waals surface area contributed by atoms with Crippen LogP contribution in [0.5, 0.6) is 0 Å². The van der Waals surface area contributed by atoms with E-state index in [1.807, 2.05) is 36.5 Å². The summed E-state index contributed by atoms with van der Waals surface area (Å²) in [7, 11) is 1.91. The molecule has 0 saturated carbocycles. The van der Waals surface area contributed by atoms with Crippen LogP contribution >= 0.6 is 0 Å². The van der Waals surface area contributed by atoms with Crippen LogP contribution in [0.4, 0.5) is 5.69 Å². The lowest BCUT2D eigenvalue weighted by Gasteiger charge is -2.36. The molecule has 1 aliphatic heterocycles. The number of nitrogens with zero attached hydrogens (tertiary/aromatic N) is 5. The summed E-state index contributed by atoms with van der Waals surface area (Å²) in [5, 5.41) is 11.7. The number of H-pyrrole nitrogens is 1. The van der Waals surface area contributed by atoms with Gasteiger partial charge in [0, 0.05) is 50.2 Å². The van der Waals surface area contributed by atoms with Gasteiger partial charge in [-0.2, -0.15) is 10.2 Å². The Morgan fingerprint density at radius 3 is 2.46 bits per heavy atom. The van der Waals surface area contributed by atoms with E-state index in [1.54, 1.807) is 0 Å². The molecular formula is C21H26N6O. The number of anilines is 1. The van der Waals surface area contributed by atoms with Crippen LogP contribution in [0.15, 0.2) is 30.3 Å². The number of carbonyl (C=O) groups excluding carboxylic acids is 1. The predicted molar refractivity (Wildman–Crippen MR) is 110 cm³/mol. The Kier molecular flexibility index (Phi) is 4.66. The molecule has 0 unspecified atom stereocenters. The SMILES string of the molecule is Cc1cccc(N2CCN(C(=O)c3cc(-c4c(C)nn(C)c4C)n[nH]3)CC2)c1. The van der Waals surface area contributed by atoms with Crippen LogP contribution in [0.3, 0.4) is 0 Å². The Morgan fingerprint density at radius 1 is 1.07 bits per heavy atom. The number of aryl methyl sites for hydroxylation is 3. The maximum absolute atomic E-state index is 12.9. The van der Waals surface area contributed by atoms with Gasteiger partial charge in [0.2, 0.25) is 0 Å². The first kappa shape index (κ1) is 18.3. The van der Waals surface area contributed by atoms with Crippen LogP contribution in [-0.4, -0.2) is 57.0 Å². The highest BCUT2D eigenvalue weighted by Gasteiger charge is 2.24. The fourth-order valence-corrected chi connectivity index (χ4v) is 3.87. The molecule has 2 aromatic heterocycles. The van der Waals surface area contributed by atoms with Gasteiger partial charge in [-0.3, -0.25) is 14.6 Å². The molecule has 1 amide bonds. The molecule has 1 aliphatic rings. The molecule has 0 bridgehead atoms. The van der Waals surface area contributed by atoms with E-state index < -0.39 is 0 Å². The van der Waals surface area contributed by atoms with Crippen molar-refractivity contribution in [1.82, 2.24) is 24.9 Å². The Labute approximate surface area is 165 Å². The fourth-order valence-electron chi connectivity index (χ4n) is 3.87. The van der Waals surface area contributed by atoms with Crippen molar-refractivity contribution in [2.24, 2.45) is 7.05 Å². The number of carbonyl (C=O) groups is 1. The average molecular weight is 378 g/mol. The third-order valence-corrected chi connectivity index (χ3v) is 5.51. The van der Waals surface area contributed by atoms with Crippen LogP contribution in [0.1, 0.15) is 27.4 Å². The van der Waals surface area contributed by atoms with Gasteiger partial charge in [0.05, 0.1) is 11.4 Å². The minimum absolute atomic E-state index is 0.00170. The summed E-state index contributed by atoms with van der Waals surface area (Å²) in [6, 6.07) is 10.3. The lowest BCUT2D eigenvalue weighted by atomic mass is 10.1. The quantitative estimate of drug-likeness (QED) is 0.761. The number of benzene rings is 1. The standard InChI is InChI=1S/C21H26N6O/c1-14-6-5-7-17(12-14)26-8-10-27(11-9-26)21(28)19-13-18(22-23-19)20-15(2)24-25(4)16(20)3/h5-7,12-13H,8-11H2,1-4H3,(H,22,23). The van der Waals surface area contributed by atoms with Crippen LogP contribution in [0, 0.1) is 20.8 Å². The molecule has 1 N–H and O–H groups in total. The summed E-state index contributed by atoms with van der Waals surface area (Å²) < 4.78 is 1.84. The molecule has 0 radical (unpaired) electrons. The van der Waals surface area contributed by atoms with Crippen LogP contribution in [-0.2, 0) is 7.05 Å². The largest absolute Gasteiger partial charge is 0.368 e. The molecule has 3 aromatic rings. The van der Waals surface area contributed by atoms with Crippen LogP contribution < -0.4 is 4.90 Å². The van der Waals surface area contributed by atoms with Gasteiger partial charge in [-0.1, -0.05) is 12.1 Å². The van der Waals surface area contributed by atoms with Gasteiger partial charge in [0.25, 0.3) is 5.91 Å². The molecule has 4 rings (SSSR count). The molecule has 7 nitrogen and oxygen atoms in total. The summed E-state index contributed by atoms with van der Waals surface area (Å²) in [5.74, 6) is 0.00170. The number of aromatic nitrogens is 4. The lowest BCUT2D eigenvalue weighted by molar-refractivity contribution is 0.0741. The number of piperazine rings is 1. The lowest BCUT2D eigenvalue weighted by Crippen LogP contribution is -2.48. The molecule has 1 fully saturated rings. The zero-order chi connectivity index (χ0) is 19.8. The average Bonchev–Trinajstić information content (AvgIpc) is 3.26. The van der Waals surface area contributed by atoms with Gasteiger partial charge in [-0.05, 0) is 44.5 Å². The van der Waals surface area contributed by atoms with E-state index in [-0.39, 0.29) is 5.91 Å². The van der Waals surface area contributed by atoms with E-state index in [2.05, 4.69) is 51.4 Å². The monoisotopic (exact) mass is 378 g/mol. The van der Waals surface area contributed by atoms with E-state index in [9.17, 15) is 4.79 Å². The summed E-state index contributed by atoms with van der Waals surface area (Å²) >= 11 is 0. The second-order valence-corrected chi connectivity index (χ2v) is 7.45. The third kappa shape index (κ3) is 3.28. The van der Waals surface area contributed by atoms with Crippen molar-refractivity contribution in [3.05, 3.63) is 53.0 Å². The number of amides is 1. The van der Waals surface area contributed by atoms with Crippen molar-refractivity contribution in [3.63, 3.8) is 0 Å². The van der Waals surface area contributed by atoms with E-state index in [1.165, 1.54) is 11.3 Å². The van der Waals surface area contributed by atoms with Gasteiger partial charge >= 0.3 is 0 Å². The van der Waals surface area contributed by atoms with E-state index >= 15 is 0 Å². The highest BCUT2D eigenvalue weighted by Crippen LogP contribution is 2.26. The normalized spacial score (nSPS) is 14.6. The second kappa shape index (κ2) is 7.14. The van der Waals surface area contributed by atoms with Crippen molar-refractivity contribution in [3.8, 4) is 11.3 Å². The first-order chi connectivity index (χ1) is 13.4.